The molecule has 0 bridgehead atoms. The van der Waals surface area contributed by atoms with Crippen LogP contribution in [0.3, 0.4) is 0 Å². The SMILES string of the molecule is CCNc1nc(N2CCOCC2C(N)=O)c(F)cc1F. The van der Waals surface area contributed by atoms with E-state index in [1.54, 1.807) is 6.92 Å². The lowest BCUT2D eigenvalue weighted by Gasteiger charge is -2.34. The third-order valence-electron chi connectivity index (χ3n) is 2.98. The van der Waals surface area contributed by atoms with Crippen molar-refractivity contribution < 1.29 is 18.3 Å². The average molecular weight is 286 g/mol. The highest BCUT2D eigenvalue weighted by atomic mass is 19.1. The molecule has 1 aromatic heterocycles. The van der Waals surface area contributed by atoms with Crippen LogP contribution in [0.5, 0.6) is 0 Å². The zero-order valence-corrected chi connectivity index (χ0v) is 11.0. The Balaban J connectivity index is 2.39. The predicted molar refractivity (Wildman–Crippen MR) is 69.5 cm³/mol. The lowest BCUT2D eigenvalue weighted by atomic mass is 10.2. The van der Waals surface area contributed by atoms with Crippen molar-refractivity contribution in [2.45, 2.75) is 13.0 Å². The molecular formula is C12H16F2N4O2. The molecule has 1 saturated heterocycles. The summed E-state index contributed by atoms with van der Waals surface area (Å²) in [6.07, 6.45) is 0. The molecule has 1 aliphatic heterocycles. The summed E-state index contributed by atoms with van der Waals surface area (Å²) in [4.78, 5) is 16.7. The number of morpholine rings is 1. The number of ether oxygens (including phenoxy) is 1. The number of nitrogens with one attached hydrogen (secondary N) is 1. The second-order valence-electron chi connectivity index (χ2n) is 4.34. The van der Waals surface area contributed by atoms with Crippen LogP contribution >= 0.6 is 0 Å². The van der Waals surface area contributed by atoms with Gasteiger partial charge in [-0.2, -0.15) is 0 Å². The molecule has 0 radical (unpaired) electrons. The van der Waals surface area contributed by atoms with Crippen molar-refractivity contribution in [1.29, 1.82) is 0 Å². The first-order chi connectivity index (χ1) is 9.54. The molecule has 20 heavy (non-hydrogen) atoms. The number of pyridine rings is 1. The molecule has 8 heteroatoms. The van der Waals surface area contributed by atoms with Crippen LogP contribution in [0.2, 0.25) is 0 Å². The fourth-order valence-corrected chi connectivity index (χ4v) is 2.04. The topological polar surface area (TPSA) is 80.5 Å². The van der Waals surface area contributed by atoms with Crippen LogP contribution in [0.4, 0.5) is 20.4 Å². The zero-order chi connectivity index (χ0) is 14.7. The lowest BCUT2D eigenvalue weighted by Crippen LogP contribution is -2.53. The Morgan fingerprint density at radius 3 is 3.00 bits per heavy atom. The molecule has 3 N–H and O–H groups in total. The standard InChI is InChI=1S/C12H16F2N4O2/c1-2-16-11-7(13)5-8(14)12(17-11)18-3-4-20-6-9(18)10(15)19/h5,9H,2-4,6H2,1H3,(H2,15,19)(H,16,17). The van der Waals surface area contributed by atoms with Gasteiger partial charge in [0.15, 0.2) is 23.3 Å². The minimum absolute atomic E-state index is 0.0568. The Kier molecular flexibility index (Phi) is 4.33. The van der Waals surface area contributed by atoms with Crippen molar-refractivity contribution in [3.63, 3.8) is 0 Å². The van der Waals surface area contributed by atoms with Gasteiger partial charge in [0.05, 0.1) is 13.2 Å². The van der Waals surface area contributed by atoms with Gasteiger partial charge in [-0.1, -0.05) is 0 Å². The van der Waals surface area contributed by atoms with Gasteiger partial charge in [0.1, 0.15) is 6.04 Å². The largest absolute Gasteiger partial charge is 0.377 e. The van der Waals surface area contributed by atoms with E-state index in [1.807, 2.05) is 0 Å². The molecule has 110 valence electrons. The van der Waals surface area contributed by atoms with Crippen LogP contribution < -0.4 is 16.0 Å². The predicted octanol–water partition coefficient (Wildman–Crippen LogP) is 0.482. The number of aromatic nitrogens is 1. The third kappa shape index (κ3) is 2.79. The summed E-state index contributed by atoms with van der Waals surface area (Å²) in [5, 5.41) is 2.70. The number of anilines is 2. The highest BCUT2D eigenvalue weighted by Crippen LogP contribution is 2.25. The van der Waals surface area contributed by atoms with Crippen molar-refractivity contribution in [2.24, 2.45) is 5.73 Å². The first kappa shape index (κ1) is 14.4. The number of nitrogens with two attached hydrogens (primary N) is 1. The number of rotatable bonds is 4. The van der Waals surface area contributed by atoms with E-state index >= 15 is 0 Å². The van der Waals surface area contributed by atoms with Gasteiger partial charge in [-0.05, 0) is 6.92 Å². The Morgan fingerprint density at radius 1 is 1.60 bits per heavy atom. The Labute approximate surface area is 114 Å². The van der Waals surface area contributed by atoms with Gasteiger partial charge in [-0.15, -0.1) is 0 Å². The van der Waals surface area contributed by atoms with E-state index in [1.165, 1.54) is 4.90 Å². The summed E-state index contributed by atoms with van der Waals surface area (Å²) < 4.78 is 32.6. The van der Waals surface area contributed by atoms with Crippen molar-refractivity contribution in [2.75, 3.05) is 36.5 Å². The van der Waals surface area contributed by atoms with Gasteiger partial charge < -0.3 is 20.7 Å². The van der Waals surface area contributed by atoms with Crippen LogP contribution in [-0.2, 0) is 9.53 Å². The van der Waals surface area contributed by atoms with Gasteiger partial charge >= 0.3 is 0 Å². The van der Waals surface area contributed by atoms with Crippen molar-refractivity contribution in [1.82, 2.24) is 4.98 Å². The zero-order valence-electron chi connectivity index (χ0n) is 11.0. The van der Waals surface area contributed by atoms with E-state index < -0.39 is 23.6 Å². The van der Waals surface area contributed by atoms with Crippen molar-refractivity contribution >= 4 is 17.5 Å². The van der Waals surface area contributed by atoms with Crippen molar-refractivity contribution in [3.8, 4) is 0 Å². The van der Waals surface area contributed by atoms with Crippen LogP contribution in [0.25, 0.3) is 0 Å². The molecule has 1 unspecified atom stereocenters. The molecule has 1 atom stereocenters. The fraction of sp³-hybridized carbons (Fsp3) is 0.500. The first-order valence-electron chi connectivity index (χ1n) is 6.28. The molecule has 0 saturated carbocycles. The summed E-state index contributed by atoms with van der Waals surface area (Å²) in [5.41, 5.74) is 5.27. The normalized spacial score (nSPS) is 18.9. The van der Waals surface area contributed by atoms with Gasteiger partial charge in [-0.3, -0.25) is 4.79 Å². The Morgan fingerprint density at radius 2 is 2.35 bits per heavy atom. The highest BCUT2D eigenvalue weighted by Gasteiger charge is 2.31. The molecule has 1 aliphatic rings. The molecule has 1 aromatic rings. The Hall–Kier alpha value is -1.96. The number of hydrogen-bond donors (Lipinski definition) is 2. The quantitative estimate of drug-likeness (QED) is 0.841. The maximum absolute atomic E-state index is 13.9. The fourth-order valence-electron chi connectivity index (χ4n) is 2.04. The molecule has 0 aliphatic carbocycles. The molecule has 1 fully saturated rings. The van der Waals surface area contributed by atoms with Crippen LogP contribution in [-0.4, -0.2) is 43.2 Å². The summed E-state index contributed by atoms with van der Waals surface area (Å²) in [5.74, 6) is -2.41. The Bertz CT molecular complexity index is 512. The van der Waals surface area contributed by atoms with Gasteiger partial charge in [-0.25, -0.2) is 13.8 Å². The van der Waals surface area contributed by atoms with Gasteiger partial charge in [0, 0.05) is 19.2 Å². The summed E-state index contributed by atoms with van der Waals surface area (Å²) >= 11 is 0. The second kappa shape index (κ2) is 6.00. The van der Waals surface area contributed by atoms with E-state index in [0.717, 1.165) is 6.07 Å². The molecule has 1 amide bonds. The minimum atomic E-state index is -0.836. The summed E-state index contributed by atoms with van der Waals surface area (Å²) in [7, 11) is 0. The van der Waals surface area contributed by atoms with Gasteiger partial charge in [0.2, 0.25) is 5.91 Å². The lowest BCUT2D eigenvalue weighted by molar-refractivity contribution is -0.121. The van der Waals surface area contributed by atoms with E-state index in [0.29, 0.717) is 13.2 Å². The van der Waals surface area contributed by atoms with E-state index in [9.17, 15) is 13.6 Å². The number of amides is 1. The number of hydrogen-bond acceptors (Lipinski definition) is 5. The van der Waals surface area contributed by atoms with Crippen LogP contribution in [0, 0.1) is 11.6 Å². The van der Waals surface area contributed by atoms with E-state index in [2.05, 4.69) is 10.3 Å². The number of halogens is 2. The van der Waals surface area contributed by atoms with E-state index in [4.69, 9.17) is 10.5 Å². The highest BCUT2D eigenvalue weighted by molar-refractivity contribution is 5.83. The maximum Gasteiger partial charge on any atom is 0.242 e. The van der Waals surface area contributed by atoms with E-state index in [-0.39, 0.29) is 24.8 Å². The maximum atomic E-state index is 13.9. The number of primary amides is 1. The molecule has 0 aromatic carbocycles. The van der Waals surface area contributed by atoms with Gasteiger partial charge in [0.25, 0.3) is 0 Å². The number of carbonyl (C=O) groups excluding carboxylic acids is 1. The van der Waals surface area contributed by atoms with Crippen LogP contribution in [0.1, 0.15) is 6.92 Å². The first-order valence-corrected chi connectivity index (χ1v) is 6.28. The molecule has 0 spiro atoms. The summed E-state index contributed by atoms with van der Waals surface area (Å²) in [6.45, 7) is 2.85. The molecule has 2 heterocycles. The third-order valence-corrected chi connectivity index (χ3v) is 2.98. The number of nitrogens with zero attached hydrogens (tertiary/aromatic N) is 2. The number of carbonyl (C=O) groups is 1. The minimum Gasteiger partial charge on any atom is -0.377 e. The van der Waals surface area contributed by atoms with Crippen LogP contribution in [0.15, 0.2) is 6.07 Å². The smallest absolute Gasteiger partial charge is 0.242 e. The second-order valence-corrected chi connectivity index (χ2v) is 4.34. The molecule has 6 nitrogen and oxygen atoms in total. The average Bonchev–Trinajstić information content (AvgIpc) is 2.42. The molecular weight excluding hydrogens is 270 g/mol. The monoisotopic (exact) mass is 286 g/mol. The van der Waals surface area contributed by atoms with Crippen molar-refractivity contribution in [3.05, 3.63) is 17.7 Å². The molecule has 2 rings (SSSR count). The summed E-state index contributed by atoms with van der Waals surface area (Å²) in [6, 6.07) is -0.0703.